The molecule has 8 heteroatoms. The summed E-state index contributed by atoms with van der Waals surface area (Å²) in [7, 11) is 0. The van der Waals surface area contributed by atoms with Gasteiger partial charge in [0.15, 0.2) is 5.78 Å². The molecule has 0 saturated heterocycles. The van der Waals surface area contributed by atoms with Crippen molar-refractivity contribution in [2.45, 2.75) is 46.6 Å². The van der Waals surface area contributed by atoms with Gasteiger partial charge in [0.05, 0.1) is 29.6 Å². The first kappa shape index (κ1) is 22.4. The minimum Gasteiger partial charge on any atom is -0.396 e. The van der Waals surface area contributed by atoms with Crippen LogP contribution in [0.4, 0.5) is 5.69 Å². The second-order valence-corrected chi connectivity index (χ2v) is 8.79. The van der Waals surface area contributed by atoms with Crippen LogP contribution in [-0.4, -0.2) is 33.0 Å². The molecule has 31 heavy (non-hydrogen) atoms. The van der Waals surface area contributed by atoms with Gasteiger partial charge in [-0.05, 0) is 43.4 Å². The Labute approximate surface area is 180 Å². The molecule has 1 heterocycles. The number of benzene rings is 1. The van der Waals surface area contributed by atoms with Gasteiger partial charge in [-0.1, -0.05) is 13.8 Å². The average molecular weight is 422 g/mol. The number of aliphatic hydroxyl groups is 1. The van der Waals surface area contributed by atoms with E-state index in [-0.39, 0.29) is 42.7 Å². The minimum absolute atomic E-state index is 0.0181. The van der Waals surface area contributed by atoms with E-state index in [1.807, 2.05) is 6.07 Å². The van der Waals surface area contributed by atoms with Gasteiger partial charge in [-0.15, -0.1) is 0 Å². The molecule has 0 bridgehead atoms. The number of amides is 1. The molecule has 1 amide bonds. The number of nitrogens with zero attached hydrogens (tertiary/aromatic N) is 3. The molecule has 1 fully saturated rings. The summed E-state index contributed by atoms with van der Waals surface area (Å²) in [5, 5.41) is 21.4. The number of rotatable bonds is 8. The van der Waals surface area contributed by atoms with Crippen LogP contribution in [0.15, 0.2) is 29.1 Å². The van der Waals surface area contributed by atoms with Crippen molar-refractivity contribution < 1.29 is 14.7 Å². The predicted molar refractivity (Wildman–Crippen MR) is 115 cm³/mol. The lowest BCUT2D eigenvalue weighted by molar-refractivity contribution is -0.122. The van der Waals surface area contributed by atoms with E-state index in [2.05, 4.69) is 10.3 Å². The van der Waals surface area contributed by atoms with E-state index in [4.69, 9.17) is 0 Å². The second-order valence-electron chi connectivity index (χ2n) is 8.79. The van der Waals surface area contributed by atoms with E-state index >= 15 is 0 Å². The van der Waals surface area contributed by atoms with Crippen LogP contribution in [0.5, 0.6) is 0 Å². The van der Waals surface area contributed by atoms with Gasteiger partial charge in [0.1, 0.15) is 5.82 Å². The maximum atomic E-state index is 12.8. The third kappa shape index (κ3) is 5.44. The molecule has 0 spiro atoms. The molecule has 1 aliphatic rings. The molecule has 2 N–H and O–H groups in total. The lowest BCUT2D eigenvalue weighted by Gasteiger charge is -2.21. The Morgan fingerprint density at radius 2 is 2.03 bits per heavy atom. The number of carbonyl (C=O) groups excluding carboxylic acids is 2. The van der Waals surface area contributed by atoms with E-state index in [9.17, 15) is 24.8 Å². The first-order valence-electron chi connectivity index (χ1n) is 10.2. The summed E-state index contributed by atoms with van der Waals surface area (Å²) in [6.07, 6.45) is 1.82. The van der Waals surface area contributed by atoms with Crippen molar-refractivity contribution in [2.75, 3.05) is 11.9 Å². The summed E-state index contributed by atoms with van der Waals surface area (Å²) in [6, 6.07) is 8.20. The van der Waals surface area contributed by atoms with Crippen LogP contribution in [0, 0.1) is 29.6 Å². The normalized spacial score (nSPS) is 13.5. The molecular weight excluding hydrogens is 396 g/mol. The van der Waals surface area contributed by atoms with Crippen LogP contribution in [0.2, 0.25) is 0 Å². The zero-order valence-electron chi connectivity index (χ0n) is 17.9. The summed E-state index contributed by atoms with van der Waals surface area (Å²) in [5.41, 5.74) is 0.767. The van der Waals surface area contributed by atoms with Crippen molar-refractivity contribution in [1.82, 2.24) is 9.55 Å². The smallest absolute Gasteiger partial charge is 0.254 e. The summed E-state index contributed by atoms with van der Waals surface area (Å²) in [6.45, 7) is 4.95. The molecule has 0 unspecified atom stereocenters. The van der Waals surface area contributed by atoms with Crippen LogP contribution in [0.3, 0.4) is 0 Å². The number of Topliss-reactive ketones (excluding diaryl/α,β-unsaturated/α-hetero) is 1. The number of hydrogen-bond acceptors (Lipinski definition) is 6. The fourth-order valence-electron chi connectivity index (χ4n) is 3.29. The lowest BCUT2D eigenvalue weighted by Crippen LogP contribution is -2.30. The van der Waals surface area contributed by atoms with Crippen LogP contribution in [0.1, 0.15) is 44.5 Å². The van der Waals surface area contributed by atoms with Crippen molar-refractivity contribution in [3.8, 4) is 17.3 Å². The Hall–Kier alpha value is -3.31. The Bertz CT molecular complexity index is 1120. The number of aromatic nitrogens is 2. The zero-order chi connectivity index (χ0) is 22.8. The number of anilines is 1. The molecule has 0 atom stereocenters. The van der Waals surface area contributed by atoms with Crippen molar-refractivity contribution in [3.05, 3.63) is 46.0 Å². The topological polar surface area (TPSA) is 125 Å². The zero-order valence-corrected chi connectivity index (χ0v) is 17.9. The number of nitriles is 1. The number of ketones is 1. The molecule has 1 saturated carbocycles. The summed E-state index contributed by atoms with van der Waals surface area (Å²) < 4.78 is 1.30. The van der Waals surface area contributed by atoms with Gasteiger partial charge in [-0.25, -0.2) is 4.98 Å². The van der Waals surface area contributed by atoms with Gasteiger partial charge < -0.3 is 10.4 Å². The first-order valence-corrected chi connectivity index (χ1v) is 10.2. The lowest BCUT2D eigenvalue weighted by atomic mass is 9.88. The van der Waals surface area contributed by atoms with Crippen molar-refractivity contribution >= 4 is 17.4 Å². The maximum Gasteiger partial charge on any atom is 0.254 e. The van der Waals surface area contributed by atoms with Crippen molar-refractivity contribution in [3.63, 3.8) is 0 Å². The molecule has 1 aliphatic carbocycles. The Kier molecular flexibility index (Phi) is 6.37. The molecular formula is C23H26N4O4. The molecule has 1 aromatic carbocycles. The highest BCUT2D eigenvalue weighted by molar-refractivity contribution is 5.97. The van der Waals surface area contributed by atoms with Gasteiger partial charge in [0, 0.05) is 30.6 Å². The Balaban J connectivity index is 1.92. The van der Waals surface area contributed by atoms with Gasteiger partial charge in [-0.3, -0.25) is 19.0 Å². The fraction of sp³-hybridized carbons (Fsp3) is 0.435. The van der Waals surface area contributed by atoms with Crippen molar-refractivity contribution in [1.29, 1.82) is 5.26 Å². The molecule has 8 nitrogen and oxygen atoms in total. The Morgan fingerprint density at radius 3 is 2.61 bits per heavy atom. The largest absolute Gasteiger partial charge is 0.396 e. The van der Waals surface area contributed by atoms with E-state index in [0.717, 1.165) is 12.8 Å². The predicted octanol–water partition coefficient (Wildman–Crippen LogP) is 2.42. The average Bonchev–Trinajstić information content (AvgIpc) is 3.55. The van der Waals surface area contributed by atoms with Crippen molar-refractivity contribution in [2.24, 2.45) is 11.3 Å². The van der Waals surface area contributed by atoms with Gasteiger partial charge >= 0.3 is 0 Å². The number of carbonyl (C=O) groups is 2. The number of aryl methyl sites for hydroxylation is 1. The molecule has 0 radical (unpaired) electrons. The fourth-order valence-corrected chi connectivity index (χ4v) is 3.29. The second kappa shape index (κ2) is 8.82. The number of aliphatic hydroxyl groups excluding tert-OH is 1. The van der Waals surface area contributed by atoms with E-state index in [1.165, 1.54) is 10.6 Å². The minimum atomic E-state index is -0.556. The van der Waals surface area contributed by atoms with Crippen LogP contribution < -0.4 is 10.9 Å². The van der Waals surface area contributed by atoms with Gasteiger partial charge in [0.25, 0.3) is 5.56 Å². The third-order valence-electron chi connectivity index (χ3n) is 5.27. The van der Waals surface area contributed by atoms with Crippen LogP contribution >= 0.6 is 0 Å². The standard InChI is InChI=1S/C23H26N4O4/c1-14-25-20(9-21(30)27(14)12-17(29)10-23(2,3)13-28)18-7-4-15(11-24)8-19(18)26-22(31)16-5-6-16/h4,7-9,16,28H,5-6,10,12-13H2,1-3H3,(H,26,31). The van der Waals surface area contributed by atoms with Gasteiger partial charge in [0.2, 0.25) is 5.91 Å². The molecule has 2 aromatic rings. The highest BCUT2D eigenvalue weighted by Crippen LogP contribution is 2.33. The summed E-state index contributed by atoms with van der Waals surface area (Å²) in [5.74, 6) is 0.0602. The Morgan fingerprint density at radius 1 is 1.32 bits per heavy atom. The van der Waals surface area contributed by atoms with Crippen LogP contribution in [-0.2, 0) is 16.1 Å². The van der Waals surface area contributed by atoms with E-state index < -0.39 is 5.41 Å². The highest BCUT2D eigenvalue weighted by Gasteiger charge is 2.30. The molecule has 162 valence electrons. The number of hydrogen-bond donors (Lipinski definition) is 2. The molecule has 0 aliphatic heterocycles. The van der Waals surface area contributed by atoms with Crippen LogP contribution in [0.25, 0.3) is 11.3 Å². The van der Waals surface area contributed by atoms with E-state index in [1.54, 1.807) is 39.0 Å². The summed E-state index contributed by atoms with van der Waals surface area (Å²) in [4.78, 5) is 41.9. The quantitative estimate of drug-likeness (QED) is 0.673. The first-order chi connectivity index (χ1) is 14.6. The third-order valence-corrected chi connectivity index (χ3v) is 5.27. The SMILES string of the molecule is Cc1nc(-c2ccc(C#N)cc2NC(=O)C2CC2)cc(=O)n1CC(=O)CC(C)(C)CO. The highest BCUT2D eigenvalue weighted by atomic mass is 16.3. The molecule has 3 rings (SSSR count). The maximum absolute atomic E-state index is 12.8. The molecule has 1 aromatic heterocycles. The summed E-state index contributed by atoms with van der Waals surface area (Å²) >= 11 is 0. The number of nitrogens with one attached hydrogen (secondary N) is 1. The monoisotopic (exact) mass is 422 g/mol. The van der Waals surface area contributed by atoms with Gasteiger partial charge in [-0.2, -0.15) is 5.26 Å². The van der Waals surface area contributed by atoms with E-state index in [0.29, 0.717) is 28.3 Å².